The number of nitrogens with zero attached hydrogens (tertiary/aromatic N) is 4. The summed E-state index contributed by atoms with van der Waals surface area (Å²) < 4.78 is 7.44. The minimum atomic E-state index is -0.166. The Kier molecular flexibility index (Phi) is 6.09. The van der Waals surface area contributed by atoms with Gasteiger partial charge in [-0.05, 0) is 61.5 Å². The Morgan fingerprint density at radius 3 is 2.23 bits per heavy atom. The molecule has 1 aliphatic heterocycles. The zero-order valence-corrected chi connectivity index (χ0v) is 19.3. The Bertz CT molecular complexity index is 1420. The van der Waals surface area contributed by atoms with Crippen LogP contribution in [0.25, 0.3) is 23.0 Å². The largest absolute Gasteiger partial charge is 0.490 e. The van der Waals surface area contributed by atoms with Crippen molar-refractivity contribution in [3.63, 3.8) is 0 Å². The molecule has 1 aromatic heterocycles. The number of hydrogen-bond donors (Lipinski definition) is 0. The maximum atomic E-state index is 13.3. The predicted molar refractivity (Wildman–Crippen MR) is 140 cm³/mol. The third-order valence-corrected chi connectivity index (χ3v) is 5.62. The number of aromatic nitrogens is 2. The molecule has 0 fully saturated rings. The quantitative estimate of drug-likeness (QED) is 0.254. The van der Waals surface area contributed by atoms with Gasteiger partial charge in [0.25, 0.3) is 5.91 Å². The number of carbonyl (C=O) groups is 1. The predicted octanol–water partition coefficient (Wildman–Crippen LogP) is 5.91. The highest BCUT2D eigenvalue weighted by Crippen LogP contribution is 2.30. The van der Waals surface area contributed by atoms with Gasteiger partial charge in [0.2, 0.25) is 0 Å². The van der Waals surface area contributed by atoms with Crippen LogP contribution < -0.4 is 9.75 Å². The minimum Gasteiger partial charge on any atom is -0.490 e. The van der Waals surface area contributed by atoms with Gasteiger partial charge in [-0.3, -0.25) is 4.79 Å². The van der Waals surface area contributed by atoms with Crippen LogP contribution in [-0.2, 0) is 4.79 Å². The lowest BCUT2D eigenvalue weighted by molar-refractivity contribution is -0.114. The lowest BCUT2D eigenvalue weighted by Gasteiger charge is -2.11. The number of hydrazone groups is 1. The molecule has 0 saturated heterocycles. The molecule has 0 bridgehead atoms. The van der Waals surface area contributed by atoms with Gasteiger partial charge in [0.1, 0.15) is 12.4 Å². The molecule has 35 heavy (non-hydrogen) atoms. The maximum absolute atomic E-state index is 13.3. The average Bonchev–Trinajstić information content (AvgIpc) is 3.45. The summed E-state index contributed by atoms with van der Waals surface area (Å²) in [7, 11) is 0. The van der Waals surface area contributed by atoms with Crippen LogP contribution in [0.3, 0.4) is 0 Å². The third kappa shape index (κ3) is 4.54. The Labute approximate surface area is 204 Å². The van der Waals surface area contributed by atoms with E-state index in [0.29, 0.717) is 17.9 Å². The highest BCUT2D eigenvalue weighted by molar-refractivity contribution is 6.32. The molecule has 0 atom stereocenters. The van der Waals surface area contributed by atoms with Crippen molar-refractivity contribution in [2.24, 2.45) is 5.10 Å². The third-order valence-electron chi connectivity index (χ3n) is 5.62. The SMILES string of the molecule is C=CCOc1ccc(-c2nn(-c3ccccc3)cc2C=C2C(=O)N(c3ccccc3)N=C2C)cc1. The monoisotopic (exact) mass is 460 g/mol. The Morgan fingerprint density at radius 1 is 0.914 bits per heavy atom. The van der Waals surface area contributed by atoms with Crippen molar-refractivity contribution < 1.29 is 9.53 Å². The summed E-state index contributed by atoms with van der Waals surface area (Å²) in [6.45, 7) is 5.97. The van der Waals surface area contributed by atoms with E-state index in [-0.39, 0.29) is 5.91 Å². The van der Waals surface area contributed by atoms with E-state index in [2.05, 4.69) is 11.7 Å². The molecule has 2 heterocycles. The first kappa shape index (κ1) is 22.1. The summed E-state index contributed by atoms with van der Waals surface area (Å²) >= 11 is 0. The molecule has 6 nitrogen and oxygen atoms in total. The molecule has 1 amide bonds. The van der Waals surface area contributed by atoms with Gasteiger partial charge in [-0.25, -0.2) is 4.68 Å². The van der Waals surface area contributed by atoms with Crippen LogP contribution in [0.15, 0.2) is 114 Å². The van der Waals surface area contributed by atoms with Crippen molar-refractivity contribution in [2.75, 3.05) is 11.6 Å². The highest BCUT2D eigenvalue weighted by Gasteiger charge is 2.29. The molecule has 6 heteroatoms. The minimum absolute atomic E-state index is 0.166. The second-order valence-corrected chi connectivity index (χ2v) is 8.03. The van der Waals surface area contributed by atoms with Crippen LogP contribution in [0.1, 0.15) is 12.5 Å². The fourth-order valence-electron chi connectivity index (χ4n) is 3.88. The van der Waals surface area contributed by atoms with Gasteiger partial charge in [-0.15, -0.1) is 0 Å². The van der Waals surface area contributed by atoms with Gasteiger partial charge in [-0.1, -0.05) is 49.1 Å². The van der Waals surface area contributed by atoms with Gasteiger partial charge < -0.3 is 4.74 Å². The van der Waals surface area contributed by atoms with Crippen LogP contribution in [-0.4, -0.2) is 28.0 Å². The Hall–Kier alpha value is -4.71. The molecule has 4 aromatic rings. The summed E-state index contributed by atoms with van der Waals surface area (Å²) in [6.07, 6.45) is 5.51. The summed E-state index contributed by atoms with van der Waals surface area (Å²) in [5, 5.41) is 10.8. The van der Waals surface area contributed by atoms with Crippen LogP contribution in [0.2, 0.25) is 0 Å². The number of benzene rings is 3. The van der Waals surface area contributed by atoms with Crippen molar-refractivity contribution >= 4 is 23.4 Å². The molecule has 0 spiro atoms. The van der Waals surface area contributed by atoms with E-state index >= 15 is 0 Å². The van der Waals surface area contributed by atoms with Crippen LogP contribution in [0.5, 0.6) is 5.75 Å². The van der Waals surface area contributed by atoms with Gasteiger partial charge in [0, 0.05) is 17.3 Å². The van der Waals surface area contributed by atoms with E-state index in [4.69, 9.17) is 9.84 Å². The normalized spacial score (nSPS) is 14.3. The van der Waals surface area contributed by atoms with Crippen LogP contribution in [0, 0.1) is 0 Å². The van der Waals surface area contributed by atoms with E-state index < -0.39 is 0 Å². The number of hydrogen-bond acceptors (Lipinski definition) is 4. The van der Waals surface area contributed by atoms with E-state index in [1.165, 1.54) is 5.01 Å². The summed E-state index contributed by atoms with van der Waals surface area (Å²) in [6, 6.07) is 27.0. The molecule has 5 rings (SSSR count). The fraction of sp³-hybridized carbons (Fsp3) is 0.0690. The van der Waals surface area contributed by atoms with Crippen molar-refractivity contribution in [1.29, 1.82) is 0 Å². The standard InChI is InChI=1S/C29H24N4O2/c1-3-18-35-26-16-14-22(15-17-26)28-23(20-32(31-28)24-10-6-4-7-11-24)19-27-21(2)30-33(29(27)34)25-12-8-5-9-13-25/h3-17,19-20H,1,18H2,2H3. The average molecular weight is 461 g/mol. The van der Waals surface area contributed by atoms with Gasteiger partial charge in [-0.2, -0.15) is 15.2 Å². The lowest BCUT2D eigenvalue weighted by atomic mass is 10.0. The van der Waals surface area contributed by atoms with Crippen molar-refractivity contribution in [1.82, 2.24) is 9.78 Å². The molecule has 0 saturated carbocycles. The zero-order chi connectivity index (χ0) is 24.2. The Balaban J connectivity index is 1.56. The summed E-state index contributed by atoms with van der Waals surface area (Å²) in [5.74, 6) is 0.587. The van der Waals surface area contributed by atoms with E-state index in [0.717, 1.165) is 33.9 Å². The van der Waals surface area contributed by atoms with Gasteiger partial charge in [0.05, 0.1) is 28.4 Å². The van der Waals surface area contributed by atoms with Gasteiger partial charge in [0.15, 0.2) is 0 Å². The van der Waals surface area contributed by atoms with E-state index in [9.17, 15) is 4.79 Å². The second-order valence-electron chi connectivity index (χ2n) is 8.03. The van der Waals surface area contributed by atoms with Crippen LogP contribution in [0.4, 0.5) is 5.69 Å². The molecule has 0 aliphatic carbocycles. The number of para-hydroxylation sites is 2. The highest BCUT2D eigenvalue weighted by atomic mass is 16.5. The molecule has 0 radical (unpaired) electrons. The number of rotatable bonds is 7. The lowest BCUT2D eigenvalue weighted by Crippen LogP contribution is -2.21. The molecular weight excluding hydrogens is 436 g/mol. The van der Waals surface area contributed by atoms with Crippen molar-refractivity contribution in [2.45, 2.75) is 6.92 Å². The topological polar surface area (TPSA) is 59.7 Å². The number of anilines is 1. The zero-order valence-electron chi connectivity index (χ0n) is 19.3. The summed E-state index contributed by atoms with van der Waals surface area (Å²) in [5.41, 5.74) is 5.35. The van der Waals surface area contributed by atoms with Gasteiger partial charge >= 0.3 is 0 Å². The number of carbonyl (C=O) groups excluding carboxylic acids is 1. The number of ether oxygens (including phenoxy) is 1. The maximum Gasteiger partial charge on any atom is 0.280 e. The smallest absolute Gasteiger partial charge is 0.280 e. The molecule has 1 aliphatic rings. The Morgan fingerprint density at radius 2 is 1.57 bits per heavy atom. The van der Waals surface area contributed by atoms with Crippen molar-refractivity contribution in [3.8, 4) is 22.7 Å². The van der Waals surface area contributed by atoms with Crippen LogP contribution >= 0.6 is 0 Å². The fourth-order valence-corrected chi connectivity index (χ4v) is 3.88. The molecule has 0 unspecified atom stereocenters. The summed E-state index contributed by atoms with van der Waals surface area (Å²) in [4.78, 5) is 13.3. The van der Waals surface area contributed by atoms with E-state index in [1.807, 2.05) is 109 Å². The molecular formula is C29H24N4O2. The second kappa shape index (κ2) is 9.65. The molecule has 0 N–H and O–H groups in total. The molecule has 3 aromatic carbocycles. The molecule has 172 valence electrons. The number of amides is 1. The van der Waals surface area contributed by atoms with Crippen molar-refractivity contribution in [3.05, 3.63) is 115 Å². The van der Waals surface area contributed by atoms with E-state index in [1.54, 1.807) is 6.08 Å². The first-order chi connectivity index (χ1) is 17.1. The first-order valence-corrected chi connectivity index (χ1v) is 11.3. The first-order valence-electron chi connectivity index (χ1n) is 11.3.